The number of amides is 2. The van der Waals surface area contributed by atoms with Gasteiger partial charge >= 0.3 is 0 Å². The maximum Gasteiger partial charge on any atom is 0.261 e. The summed E-state index contributed by atoms with van der Waals surface area (Å²) in [6.07, 6.45) is 0.610. The molecule has 1 aromatic heterocycles. The number of furan rings is 1. The fraction of sp³-hybridized carbons (Fsp3) is 0.0714. The molecular weight excluding hydrogens is 246 g/mol. The zero-order valence-electron chi connectivity index (χ0n) is 10.0. The van der Waals surface area contributed by atoms with E-state index in [-0.39, 0.29) is 17.6 Å². The molecule has 0 radical (unpaired) electrons. The first-order valence-electron chi connectivity index (χ1n) is 5.63. The van der Waals surface area contributed by atoms with Gasteiger partial charge in [0, 0.05) is 12.6 Å². The summed E-state index contributed by atoms with van der Waals surface area (Å²) >= 11 is 0. The molecule has 0 atom stereocenters. The summed E-state index contributed by atoms with van der Waals surface area (Å²) in [5, 5.41) is 0. The number of carbonyl (C=O) groups is 3. The second-order valence-electron chi connectivity index (χ2n) is 4.25. The van der Waals surface area contributed by atoms with Crippen LogP contribution in [0.5, 0.6) is 0 Å². The van der Waals surface area contributed by atoms with Crippen LogP contribution in [0.1, 0.15) is 31.3 Å². The van der Waals surface area contributed by atoms with Crippen molar-refractivity contribution in [3.63, 3.8) is 0 Å². The molecule has 0 bridgehead atoms. The predicted octanol–water partition coefficient (Wildman–Crippen LogP) is 1.98. The normalized spacial score (nSPS) is 13.8. The highest BCUT2D eigenvalue weighted by Crippen LogP contribution is 2.28. The first kappa shape index (κ1) is 11.4. The van der Waals surface area contributed by atoms with Crippen molar-refractivity contribution in [1.29, 1.82) is 0 Å². The van der Waals surface area contributed by atoms with Gasteiger partial charge < -0.3 is 4.42 Å². The van der Waals surface area contributed by atoms with E-state index in [2.05, 4.69) is 0 Å². The van der Waals surface area contributed by atoms with E-state index in [1.54, 1.807) is 30.3 Å². The smallest absolute Gasteiger partial charge is 0.261 e. The molecule has 0 spiro atoms. The van der Waals surface area contributed by atoms with Crippen LogP contribution in [-0.2, 0) is 0 Å². The Kier molecular flexibility index (Phi) is 2.35. The number of nitrogens with zero attached hydrogens (tertiary/aromatic N) is 1. The van der Waals surface area contributed by atoms with Gasteiger partial charge in [-0.3, -0.25) is 19.3 Å². The SMILES string of the molecule is CN1C(=O)c2ccc(-c3ccc(C=O)o3)cc2C1=O. The van der Waals surface area contributed by atoms with Gasteiger partial charge in [0.2, 0.25) is 0 Å². The largest absolute Gasteiger partial charge is 0.453 e. The molecule has 0 saturated heterocycles. The number of rotatable bonds is 2. The minimum absolute atomic E-state index is 0.218. The standard InChI is InChI=1S/C14H9NO4/c1-15-13(17)10-4-2-8(6-11(10)14(15)18)12-5-3-9(7-16)19-12/h2-7H,1H3. The quantitative estimate of drug-likeness (QED) is 0.608. The third kappa shape index (κ3) is 1.59. The molecule has 3 rings (SSSR count). The average molecular weight is 255 g/mol. The average Bonchev–Trinajstić information content (AvgIpc) is 2.99. The Balaban J connectivity index is 2.10. The summed E-state index contributed by atoms with van der Waals surface area (Å²) < 4.78 is 5.29. The molecule has 5 nitrogen and oxygen atoms in total. The first-order chi connectivity index (χ1) is 9.11. The van der Waals surface area contributed by atoms with Crippen molar-refractivity contribution in [2.24, 2.45) is 0 Å². The van der Waals surface area contributed by atoms with E-state index in [0.29, 0.717) is 28.7 Å². The maximum absolute atomic E-state index is 11.9. The van der Waals surface area contributed by atoms with Gasteiger partial charge in [-0.15, -0.1) is 0 Å². The van der Waals surface area contributed by atoms with E-state index in [9.17, 15) is 14.4 Å². The molecule has 2 aromatic rings. The van der Waals surface area contributed by atoms with Gasteiger partial charge in [-0.1, -0.05) is 6.07 Å². The molecule has 5 heteroatoms. The summed E-state index contributed by atoms with van der Waals surface area (Å²) in [5.74, 6) is 0.0679. The Morgan fingerprint density at radius 1 is 1.05 bits per heavy atom. The van der Waals surface area contributed by atoms with Crippen LogP contribution in [-0.4, -0.2) is 30.0 Å². The van der Waals surface area contributed by atoms with Crippen molar-refractivity contribution in [3.8, 4) is 11.3 Å². The van der Waals surface area contributed by atoms with Crippen LogP contribution in [0.3, 0.4) is 0 Å². The topological polar surface area (TPSA) is 67.6 Å². The highest BCUT2D eigenvalue weighted by molar-refractivity contribution is 6.21. The van der Waals surface area contributed by atoms with E-state index >= 15 is 0 Å². The number of aldehydes is 1. The zero-order chi connectivity index (χ0) is 13.6. The van der Waals surface area contributed by atoms with Gasteiger partial charge in [-0.05, 0) is 24.3 Å². The lowest BCUT2D eigenvalue weighted by molar-refractivity contribution is 0.0693. The molecule has 2 amide bonds. The summed E-state index contributed by atoms with van der Waals surface area (Å²) in [5.41, 5.74) is 1.40. The van der Waals surface area contributed by atoms with E-state index in [0.717, 1.165) is 4.90 Å². The van der Waals surface area contributed by atoms with E-state index in [1.165, 1.54) is 7.05 Å². The van der Waals surface area contributed by atoms with Crippen molar-refractivity contribution < 1.29 is 18.8 Å². The lowest BCUT2D eigenvalue weighted by Crippen LogP contribution is -2.24. The van der Waals surface area contributed by atoms with Crippen molar-refractivity contribution in [1.82, 2.24) is 4.90 Å². The minimum Gasteiger partial charge on any atom is -0.453 e. The highest BCUT2D eigenvalue weighted by atomic mass is 16.3. The van der Waals surface area contributed by atoms with Gasteiger partial charge in [0.05, 0.1) is 11.1 Å². The Morgan fingerprint density at radius 2 is 1.79 bits per heavy atom. The molecule has 0 aliphatic carbocycles. The van der Waals surface area contributed by atoms with Gasteiger partial charge in [0.15, 0.2) is 12.0 Å². The number of hydrogen-bond acceptors (Lipinski definition) is 4. The molecule has 19 heavy (non-hydrogen) atoms. The molecule has 2 heterocycles. The lowest BCUT2D eigenvalue weighted by atomic mass is 10.0. The van der Waals surface area contributed by atoms with Crippen molar-refractivity contribution >= 4 is 18.1 Å². The summed E-state index contributed by atoms with van der Waals surface area (Å²) in [7, 11) is 1.45. The number of fused-ring (bicyclic) bond motifs is 1. The lowest BCUT2D eigenvalue weighted by Gasteiger charge is -2.02. The second kappa shape index (κ2) is 3.91. The molecule has 0 fully saturated rings. The first-order valence-corrected chi connectivity index (χ1v) is 5.63. The zero-order valence-corrected chi connectivity index (χ0v) is 10.0. The number of hydrogen-bond donors (Lipinski definition) is 0. The summed E-state index contributed by atoms with van der Waals surface area (Å²) in [6, 6.07) is 8.09. The molecule has 1 aliphatic rings. The second-order valence-corrected chi connectivity index (χ2v) is 4.25. The molecule has 0 unspecified atom stereocenters. The van der Waals surface area contributed by atoms with Crippen LogP contribution >= 0.6 is 0 Å². The van der Waals surface area contributed by atoms with Gasteiger partial charge in [-0.2, -0.15) is 0 Å². The van der Waals surface area contributed by atoms with Crippen LogP contribution in [0.15, 0.2) is 34.7 Å². The molecule has 0 N–H and O–H groups in total. The van der Waals surface area contributed by atoms with Crippen LogP contribution in [0, 0.1) is 0 Å². The van der Waals surface area contributed by atoms with E-state index < -0.39 is 0 Å². The summed E-state index contributed by atoms with van der Waals surface area (Å²) in [6.45, 7) is 0. The fourth-order valence-corrected chi connectivity index (χ4v) is 2.09. The van der Waals surface area contributed by atoms with E-state index in [4.69, 9.17) is 4.42 Å². The fourth-order valence-electron chi connectivity index (χ4n) is 2.09. The van der Waals surface area contributed by atoms with Crippen LogP contribution in [0.4, 0.5) is 0 Å². The third-order valence-corrected chi connectivity index (χ3v) is 3.12. The molecule has 0 saturated carbocycles. The molecule has 1 aromatic carbocycles. The molecule has 94 valence electrons. The number of carbonyl (C=O) groups excluding carboxylic acids is 3. The van der Waals surface area contributed by atoms with Crippen LogP contribution < -0.4 is 0 Å². The van der Waals surface area contributed by atoms with Gasteiger partial charge in [0.1, 0.15) is 5.76 Å². The van der Waals surface area contributed by atoms with Crippen LogP contribution in [0.2, 0.25) is 0 Å². The number of benzene rings is 1. The van der Waals surface area contributed by atoms with Crippen molar-refractivity contribution in [3.05, 3.63) is 47.2 Å². The van der Waals surface area contributed by atoms with Gasteiger partial charge in [-0.25, -0.2) is 0 Å². The molecular formula is C14H9NO4. The van der Waals surface area contributed by atoms with Crippen molar-refractivity contribution in [2.45, 2.75) is 0 Å². The Bertz CT molecular complexity index is 714. The van der Waals surface area contributed by atoms with Gasteiger partial charge in [0.25, 0.3) is 11.8 Å². The Hall–Kier alpha value is -2.69. The predicted molar refractivity (Wildman–Crippen MR) is 66.0 cm³/mol. The summed E-state index contributed by atoms with van der Waals surface area (Å²) in [4.78, 5) is 35.3. The maximum atomic E-state index is 11.9. The highest BCUT2D eigenvalue weighted by Gasteiger charge is 2.32. The minimum atomic E-state index is -0.330. The monoisotopic (exact) mass is 255 g/mol. The van der Waals surface area contributed by atoms with Crippen molar-refractivity contribution in [2.75, 3.05) is 7.05 Å². The Labute approximate surface area is 108 Å². The third-order valence-electron chi connectivity index (χ3n) is 3.12. The van der Waals surface area contributed by atoms with E-state index in [1.807, 2.05) is 0 Å². The van der Waals surface area contributed by atoms with Crippen LogP contribution in [0.25, 0.3) is 11.3 Å². The number of imide groups is 1. The molecule has 1 aliphatic heterocycles. The Morgan fingerprint density at radius 3 is 2.47 bits per heavy atom.